The first-order valence-corrected chi connectivity index (χ1v) is 11.2. The minimum atomic E-state index is -1.11. The van der Waals surface area contributed by atoms with Crippen LogP contribution in [0.25, 0.3) is 0 Å². The number of hydrogen-bond donors (Lipinski definition) is 1. The number of carbonyl (C=O) groups is 1. The molecule has 0 aromatic rings. The Kier molecular flexibility index (Phi) is 14.9. The van der Waals surface area contributed by atoms with Gasteiger partial charge in [-0.05, 0) is 77.1 Å². The Bertz CT molecular complexity index is 622. The van der Waals surface area contributed by atoms with Gasteiger partial charge >= 0.3 is 5.97 Å². The third-order valence-electron chi connectivity index (χ3n) is 5.35. The molecule has 0 aromatic heterocycles. The lowest BCUT2D eigenvalue weighted by Gasteiger charge is -2.33. The minimum Gasteiger partial charge on any atom is -0.431 e. The molecule has 30 heavy (non-hydrogen) atoms. The van der Waals surface area contributed by atoms with Gasteiger partial charge in [0.2, 0.25) is 6.29 Å². The van der Waals surface area contributed by atoms with E-state index < -0.39 is 6.29 Å². The van der Waals surface area contributed by atoms with E-state index >= 15 is 0 Å². The average Bonchev–Trinajstić information content (AvgIpc) is 3.00. The minimum absolute atomic E-state index is 0.349. The molecule has 0 aromatic carbocycles. The van der Waals surface area contributed by atoms with Gasteiger partial charge in [-0.15, -0.1) is 6.58 Å². The number of piperidine rings is 1. The van der Waals surface area contributed by atoms with Gasteiger partial charge < -0.3 is 14.7 Å². The standard InChI is InChI=1S/C21H31NO3.C3H6.C2H6/c1-5-7-8-12-22-13-10-17(11-14-22)18(9-6-2)15(3)19-16(4)20(23)25-21(19)24;1-3-2;1-2/h5-7,9,16-17,21,24H,2,8,10-14H2,1,3-4H3;3H,1H2,2H3;1-2H3/b7-5-,18-9+,19-15+;;. The van der Waals surface area contributed by atoms with Crippen molar-refractivity contribution in [2.75, 3.05) is 19.6 Å². The number of hydrogen-bond acceptors (Lipinski definition) is 4. The number of ether oxygens (including phenoxy) is 1. The lowest BCUT2D eigenvalue weighted by atomic mass is 9.81. The molecule has 170 valence electrons. The number of esters is 1. The van der Waals surface area contributed by atoms with E-state index in [9.17, 15) is 9.90 Å². The summed E-state index contributed by atoms with van der Waals surface area (Å²) in [6.45, 7) is 22.2. The second kappa shape index (κ2) is 15.9. The monoisotopic (exact) mass is 417 g/mol. The zero-order valence-electron chi connectivity index (χ0n) is 20.0. The fourth-order valence-corrected chi connectivity index (χ4v) is 3.88. The van der Waals surface area contributed by atoms with Gasteiger partial charge in [-0.25, -0.2) is 0 Å². The van der Waals surface area contributed by atoms with Crippen molar-refractivity contribution in [3.8, 4) is 0 Å². The summed E-state index contributed by atoms with van der Waals surface area (Å²) in [5.41, 5.74) is 2.87. The molecule has 2 fully saturated rings. The molecule has 0 aliphatic carbocycles. The van der Waals surface area contributed by atoms with Crippen LogP contribution in [-0.2, 0) is 9.53 Å². The summed E-state index contributed by atoms with van der Waals surface area (Å²) in [5, 5.41) is 10.1. The molecule has 4 heteroatoms. The highest BCUT2D eigenvalue weighted by atomic mass is 16.6. The molecule has 1 N–H and O–H groups in total. The Morgan fingerprint density at radius 3 is 2.23 bits per heavy atom. The van der Waals surface area contributed by atoms with Crippen molar-refractivity contribution in [1.29, 1.82) is 0 Å². The molecule has 2 unspecified atom stereocenters. The largest absolute Gasteiger partial charge is 0.431 e. The van der Waals surface area contributed by atoms with E-state index in [2.05, 4.69) is 37.1 Å². The molecule has 2 heterocycles. The topological polar surface area (TPSA) is 49.8 Å². The maximum Gasteiger partial charge on any atom is 0.315 e. The van der Waals surface area contributed by atoms with Crippen LogP contribution in [0.3, 0.4) is 0 Å². The highest BCUT2D eigenvalue weighted by Gasteiger charge is 2.38. The van der Waals surface area contributed by atoms with Crippen LogP contribution in [0.2, 0.25) is 0 Å². The number of allylic oxidation sites excluding steroid dienone is 6. The van der Waals surface area contributed by atoms with Crippen LogP contribution < -0.4 is 0 Å². The molecule has 0 saturated carbocycles. The first-order chi connectivity index (χ1) is 14.4. The van der Waals surface area contributed by atoms with Crippen molar-refractivity contribution < 1.29 is 14.6 Å². The molecule has 0 amide bonds. The van der Waals surface area contributed by atoms with Gasteiger partial charge in [-0.2, -0.15) is 0 Å². The Morgan fingerprint density at radius 2 is 1.80 bits per heavy atom. The SMILES string of the molecule is C=C/C=C(\C(C)=C1\C(O)OC(=O)C1C)C1CCN(CC/C=C\C)CC1.C=CC.CC. The summed E-state index contributed by atoms with van der Waals surface area (Å²) in [4.78, 5) is 14.3. The molecule has 0 radical (unpaired) electrons. The fourth-order valence-electron chi connectivity index (χ4n) is 3.88. The van der Waals surface area contributed by atoms with Crippen LogP contribution in [0.5, 0.6) is 0 Å². The molecule has 0 spiro atoms. The van der Waals surface area contributed by atoms with Crippen LogP contribution in [0.1, 0.15) is 60.8 Å². The average molecular weight is 418 g/mol. The summed E-state index contributed by atoms with van der Waals surface area (Å²) in [6.07, 6.45) is 12.0. The number of likely N-dealkylation sites (tertiary alicyclic amines) is 1. The summed E-state index contributed by atoms with van der Waals surface area (Å²) in [6, 6.07) is 0. The predicted octanol–water partition coefficient (Wildman–Crippen LogP) is 5.82. The Balaban J connectivity index is 0.00000154. The summed E-state index contributed by atoms with van der Waals surface area (Å²) < 4.78 is 4.99. The molecule has 2 saturated heterocycles. The summed E-state index contributed by atoms with van der Waals surface area (Å²) >= 11 is 0. The van der Waals surface area contributed by atoms with Crippen LogP contribution in [0.4, 0.5) is 0 Å². The zero-order chi connectivity index (χ0) is 23.1. The van der Waals surface area contributed by atoms with E-state index in [1.54, 1.807) is 19.1 Å². The first-order valence-electron chi connectivity index (χ1n) is 11.2. The predicted molar refractivity (Wildman–Crippen MR) is 128 cm³/mol. The molecule has 0 bridgehead atoms. The first kappa shape index (κ1) is 28.1. The van der Waals surface area contributed by atoms with Gasteiger partial charge in [0.05, 0.1) is 5.92 Å². The number of nitrogens with zero attached hydrogens (tertiary/aromatic N) is 1. The molecule has 2 aliphatic rings. The third-order valence-corrected chi connectivity index (χ3v) is 5.35. The second-order valence-corrected chi connectivity index (χ2v) is 7.33. The van der Waals surface area contributed by atoms with Crippen molar-refractivity contribution in [3.63, 3.8) is 0 Å². The van der Waals surface area contributed by atoms with Gasteiger partial charge in [0.15, 0.2) is 0 Å². The lowest BCUT2D eigenvalue weighted by Crippen LogP contribution is -2.35. The smallest absolute Gasteiger partial charge is 0.315 e. The molecule has 2 aliphatic heterocycles. The lowest BCUT2D eigenvalue weighted by molar-refractivity contribution is -0.154. The van der Waals surface area contributed by atoms with Gasteiger partial charge in [-0.3, -0.25) is 4.79 Å². The molecule has 2 rings (SSSR count). The van der Waals surface area contributed by atoms with E-state index in [4.69, 9.17) is 4.74 Å². The Hall–Kier alpha value is -1.91. The highest BCUT2D eigenvalue weighted by molar-refractivity contribution is 5.79. The quantitative estimate of drug-likeness (QED) is 0.336. The van der Waals surface area contributed by atoms with Gasteiger partial charge in [0.1, 0.15) is 0 Å². The summed E-state index contributed by atoms with van der Waals surface area (Å²) in [5.74, 6) is -0.304. The van der Waals surface area contributed by atoms with Crippen LogP contribution in [-0.4, -0.2) is 41.9 Å². The van der Waals surface area contributed by atoms with E-state index in [0.29, 0.717) is 11.5 Å². The maximum absolute atomic E-state index is 11.8. The van der Waals surface area contributed by atoms with Gasteiger partial charge in [0, 0.05) is 12.1 Å². The van der Waals surface area contributed by atoms with Gasteiger partial charge in [0.25, 0.3) is 0 Å². The van der Waals surface area contributed by atoms with E-state index in [-0.39, 0.29) is 11.9 Å². The van der Waals surface area contributed by atoms with Crippen LogP contribution >= 0.6 is 0 Å². The molecular formula is C26H43NO3. The van der Waals surface area contributed by atoms with Crippen molar-refractivity contribution in [3.05, 3.63) is 60.3 Å². The second-order valence-electron chi connectivity index (χ2n) is 7.33. The number of rotatable bonds is 6. The van der Waals surface area contributed by atoms with Crippen molar-refractivity contribution in [2.24, 2.45) is 11.8 Å². The Labute approximate surface area is 184 Å². The highest BCUT2D eigenvalue weighted by Crippen LogP contribution is 2.36. The molecule has 2 atom stereocenters. The number of cyclic esters (lactones) is 1. The van der Waals surface area contributed by atoms with E-state index in [1.807, 2.05) is 33.8 Å². The van der Waals surface area contributed by atoms with Crippen molar-refractivity contribution in [2.45, 2.75) is 67.1 Å². The maximum atomic E-state index is 11.8. The van der Waals surface area contributed by atoms with E-state index in [0.717, 1.165) is 44.5 Å². The number of carbonyl (C=O) groups excluding carboxylic acids is 1. The fraction of sp³-hybridized carbons (Fsp3) is 0.577. The van der Waals surface area contributed by atoms with Crippen molar-refractivity contribution >= 4 is 5.97 Å². The molecular weight excluding hydrogens is 374 g/mol. The normalized spacial score (nSPS) is 24.4. The van der Waals surface area contributed by atoms with Crippen molar-refractivity contribution in [1.82, 2.24) is 4.90 Å². The Morgan fingerprint density at radius 1 is 1.23 bits per heavy atom. The van der Waals surface area contributed by atoms with Crippen LogP contribution in [0.15, 0.2) is 60.3 Å². The third kappa shape index (κ3) is 8.45. The summed E-state index contributed by atoms with van der Waals surface area (Å²) in [7, 11) is 0. The number of aliphatic hydroxyl groups is 1. The zero-order valence-corrected chi connectivity index (χ0v) is 20.0. The molecule has 4 nitrogen and oxygen atoms in total. The van der Waals surface area contributed by atoms with E-state index in [1.165, 1.54) is 5.57 Å². The van der Waals surface area contributed by atoms with Crippen LogP contribution in [0, 0.1) is 11.8 Å². The number of aliphatic hydroxyl groups excluding tert-OH is 1. The van der Waals surface area contributed by atoms with Gasteiger partial charge in [-0.1, -0.05) is 50.8 Å².